The van der Waals surface area contributed by atoms with Gasteiger partial charge in [-0.15, -0.1) is 0 Å². The average Bonchev–Trinajstić information content (AvgIpc) is 3.27. The highest BCUT2D eigenvalue weighted by Crippen LogP contribution is 2.54. The Bertz CT molecular complexity index is 1300. The number of carboxylic acid groups (broad SMARTS) is 1. The van der Waals surface area contributed by atoms with E-state index < -0.39 is 12.5 Å². The molecule has 1 aliphatic carbocycles. The fraction of sp³-hybridized carbons (Fsp3) is 0.250. The first-order valence-electron chi connectivity index (χ1n) is 11.6. The summed E-state index contributed by atoms with van der Waals surface area (Å²) < 4.78 is 0.277. The van der Waals surface area contributed by atoms with Gasteiger partial charge < -0.3 is 10.0 Å². The van der Waals surface area contributed by atoms with Gasteiger partial charge in [0.1, 0.15) is 10.9 Å². The number of aliphatic carboxylic acids is 1. The molecule has 5 rings (SSSR count). The molecule has 178 valence electrons. The van der Waals surface area contributed by atoms with Crippen molar-refractivity contribution in [2.75, 3.05) is 18.5 Å². The fourth-order valence-electron chi connectivity index (χ4n) is 5.30. The van der Waals surface area contributed by atoms with Gasteiger partial charge in [0.2, 0.25) is 0 Å². The molecular weight excluding hydrogens is 476 g/mol. The molecule has 3 unspecified atom stereocenters. The van der Waals surface area contributed by atoms with E-state index >= 15 is 0 Å². The molecule has 7 heteroatoms. The summed E-state index contributed by atoms with van der Waals surface area (Å²) in [5.41, 5.74) is 6.02. The second kappa shape index (κ2) is 9.47. The largest absolute Gasteiger partial charge is 0.480 e. The summed E-state index contributed by atoms with van der Waals surface area (Å²) in [6.07, 6.45) is 9.50. The first-order chi connectivity index (χ1) is 16.8. The molecule has 2 aromatic rings. The Morgan fingerprint density at radius 3 is 2.71 bits per heavy atom. The SMILES string of the molecule is CC1CC=CC=C1C1c2cc(C=C3SC(=S)N(CC(=O)O)C3=O)ccc2N(C)C1c1ccccc1. The average molecular weight is 503 g/mol. The van der Waals surface area contributed by atoms with Crippen molar-refractivity contribution in [2.45, 2.75) is 25.3 Å². The number of amides is 1. The molecule has 0 aromatic heterocycles. The van der Waals surface area contributed by atoms with Crippen LogP contribution in [-0.2, 0) is 9.59 Å². The normalized spacial score (nSPS) is 24.8. The molecule has 2 heterocycles. The highest BCUT2D eigenvalue weighted by atomic mass is 32.2. The van der Waals surface area contributed by atoms with Gasteiger partial charge in [-0.25, -0.2) is 0 Å². The van der Waals surface area contributed by atoms with E-state index in [1.54, 1.807) is 0 Å². The van der Waals surface area contributed by atoms with Crippen LogP contribution in [0.2, 0.25) is 0 Å². The number of fused-ring (bicyclic) bond motifs is 1. The van der Waals surface area contributed by atoms with Gasteiger partial charge in [-0.05, 0) is 47.2 Å². The van der Waals surface area contributed by atoms with Crippen molar-refractivity contribution in [1.82, 2.24) is 4.90 Å². The number of carbonyl (C=O) groups is 2. The van der Waals surface area contributed by atoms with Crippen molar-refractivity contribution in [1.29, 1.82) is 0 Å². The van der Waals surface area contributed by atoms with Gasteiger partial charge in [0.15, 0.2) is 0 Å². The fourth-order valence-corrected chi connectivity index (χ4v) is 6.56. The number of hydrogen-bond acceptors (Lipinski definition) is 5. The number of allylic oxidation sites excluding steroid dienone is 3. The molecule has 35 heavy (non-hydrogen) atoms. The molecule has 1 saturated heterocycles. The van der Waals surface area contributed by atoms with Gasteiger partial charge in [0.25, 0.3) is 5.91 Å². The maximum absolute atomic E-state index is 12.8. The minimum atomic E-state index is -1.08. The van der Waals surface area contributed by atoms with Gasteiger partial charge in [-0.2, -0.15) is 0 Å². The standard InChI is InChI=1S/C28H26N2O3S2/c1-17-8-6-7-11-20(17)25-21-14-18(15-23-27(33)30(16-24(31)32)28(34)35-23)12-13-22(21)29(2)26(25)19-9-4-3-5-10-19/h3-7,9-15,17,25-26H,8,16H2,1-2H3,(H,31,32). The van der Waals surface area contributed by atoms with E-state index in [1.807, 2.05) is 18.2 Å². The van der Waals surface area contributed by atoms with E-state index in [0.29, 0.717) is 10.8 Å². The van der Waals surface area contributed by atoms with E-state index in [1.165, 1.54) is 22.4 Å². The molecular formula is C28H26N2O3S2. The van der Waals surface area contributed by atoms with Crippen LogP contribution in [0.4, 0.5) is 5.69 Å². The van der Waals surface area contributed by atoms with Crippen LogP contribution in [0.5, 0.6) is 0 Å². The first-order valence-corrected chi connectivity index (χ1v) is 12.8. The summed E-state index contributed by atoms with van der Waals surface area (Å²) in [6.45, 7) is 1.87. The smallest absolute Gasteiger partial charge is 0.323 e. The van der Waals surface area contributed by atoms with Gasteiger partial charge in [-0.3, -0.25) is 14.5 Å². The van der Waals surface area contributed by atoms with Crippen LogP contribution in [0.1, 0.15) is 42.0 Å². The molecule has 3 atom stereocenters. The van der Waals surface area contributed by atoms with Crippen LogP contribution in [0.15, 0.2) is 77.2 Å². The number of thiocarbonyl (C=S) groups is 1. The lowest BCUT2D eigenvalue weighted by atomic mass is 9.76. The summed E-state index contributed by atoms with van der Waals surface area (Å²) in [4.78, 5) is 27.9. The zero-order valence-electron chi connectivity index (χ0n) is 19.5. The van der Waals surface area contributed by atoms with Gasteiger partial charge >= 0.3 is 5.97 Å². The number of carbonyl (C=O) groups excluding carboxylic acids is 1. The number of nitrogens with zero attached hydrogens (tertiary/aromatic N) is 2. The first kappa shape index (κ1) is 23.6. The third kappa shape index (κ3) is 4.34. The third-order valence-corrected chi connectivity index (χ3v) is 8.33. The molecule has 0 saturated carbocycles. The number of rotatable bonds is 5. The van der Waals surface area contributed by atoms with E-state index in [9.17, 15) is 9.59 Å². The Kier molecular flexibility index (Phi) is 6.38. The predicted octanol–water partition coefficient (Wildman–Crippen LogP) is 5.77. The minimum Gasteiger partial charge on any atom is -0.480 e. The Hall–Kier alpha value is -3.16. The van der Waals surface area contributed by atoms with Crippen molar-refractivity contribution in [3.8, 4) is 0 Å². The third-order valence-electron chi connectivity index (χ3n) is 6.95. The lowest BCUT2D eigenvalue weighted by Gasteiger charge is -2.32. The second-order valence-corrected chi connectivity index (χ2v) is 10.8. The Morgan fingerprint density at radius 1 is 1.23 bits per heavy atom. The Morgan fingerprint density at radius 2 is 2.00 bits per heavy atom. The molecule has 0 bridgehead atoms. The van der Waals surface area contributed by atoms with Crippen LogP contribution >= 0.6 is 24.0 Å². The van der Waals surface area contributed by atoms with Gasteiger partial charge in [-0.1, -0.05) is 91.1 Å². The van der Waals surface area contributed by atoms with E-state index in [-0.39, 0.29) is 22.2 Å². The number of carboxylic acids is 1. The van der Waals surface area contributed by atoms with E-state index in [4.69, 9.17) is 17.3 Å². The molecule has 1 N–H and O–H groups in total. The number of thioether (sulfide) groups is 1. The molecule has 3 aliphatic rings. The predicted molar refractivity (Wildman–Crippen MR) is 145 cm³/mol. The summed E-state index contributed by atoms with van der Waals surface area (Å²) >= 11 is 6.41. The number of likely N-dealkylation sites (N-methyl/N-ethyl adjacent to an activating group) is 1. The Labute approximate surface area is 214 Å². The molecule has 2 aromatic carbocycles. The monoisotopic (exact) mass is 502 g/mol. The Balaban J connectivity index is 1.56. The van der Waals surface area contributed by atoms with Crippen LogP contribution in [0.25, 0.3) is 6.08 Å². The quantitative estimate of drug-likeness (QED) is 0.414. The van der Waals surface area contributed by atoms with E-state index in [2.05, 4.69) is 73.5 Å². The summed E-state index contributed by atoms with van der Waals surface area (Å²) in [7, 11) is 2.15. The van der Waals surface area contributed by atoms with Gasteiger partial charge in [0, 0.05) is 18.7 Å². The van der Waals surface area contributed by atoms with Crippen LogP contribution in [0, 0.1) is 5.92 Å². The summed E-state index contributed by atoms with van der Waals surface area (Å²) in [5.74, 6) is -0.812. The summed E-state index contributed by atoms with van der Waals surface area (Å²) in [5, 5.41) is 9.11. The second-order valence-electron chi connectivity index (χ2n) is 9.16. The molecule has 2 aliphatic heterocycles. The molecule has 5 nitrogen and oxygen atoms in total. The van der Waals surface area contributed by atoms with Crippen molar-refractivity contribution in [3.05, 3.63) is 93.9 Å². The van der Waals surface area contributed by atoms with Crippen molar-refractivity contribution >= 4 is 51.9 Å². The van der Waals surface area contributed by atoms with E-state index in [0.717, 1.165) is 28.6 Å². The highest BCUT2D eigenvalue weighted by Gasteiger charge is 2.41. The molecule has 1 fully saturated rings. The topological polar surface area (TPSA) is 60.9 Å². The zero-order chi connectivity index (χ0) is 24.7. The zero-order valence-corrected chi connectivity index (χ0v) is 21.2. The molecule has 1 amide bonds. The molecule has 0 radical (unpaired) electrons. The molecule has 0 spiro atoms. The van der Waals surface area contributed by atoms with Crippen LogP contribution < -0.4 is 4.90 Å². The maximum Gasteiger partial charge on any atom is 0.323 e. The van der Waals surface area contributed by atoms with Gasteiger partial charge in [0.05, 0.1) is 10.9 Å². The van der Waals surface area contributed by atoms with Crippen molar-refractivity contribution in [2.24, 2.45) is 5.92 Å². The van der Waals surface area contributed by atoms with Crippen LogP contribution in [0.3, 0.4) is 0 Å². The summed E-state index contributed by atoms with van der Waals surface area (Å²) in [6, 6.07) is 17.1. The minimum absolute atomic E-state index is 0.176. The number of hydrogen-bond donors (Lipinski definition) is 1. The maximum atomic E-state index is 12.8. The number of anilines is 1. The van der Waals surface area contributed by atoms with Crippen molar-refractivity contribution < 1.29 is 14.7 Å². The van der Waals surface area contributed by atoms with Crippen LogP contribution in [-0.4, -0.2) is 39.8 Å². The number of benzene rings is 2. The lowest BCUT2D eigenvalue weighted by molar-refractivity contribution is -0.140. The highest BCUT2D eigenvalue weighted by molar-refractivity contribution is 8.26. The van der Waals surface area contributed by atoms with Crippen molar-refractivity contribution in [3.63, 3.8) is 0 Å². The lowest BCUT2D eigenvalue weighted by Crippen LogP contribution is -2.33.